The maximum absolute atomic E-state index is 14.6. The third-order valence-corrected chi connectivity index (χ3v) is 6.36. The SMILES string of the molecule is C[C@@H](OC=O)C(=O)N(C)[C@@H](CC(C)(C)F)C(=O)O[C@H](CCc1ccc(N2CCOCC2)cc1)C(=O)N(C)C. The lowest BCUT2D eigenvalue weighted by molar-refractivity contribution is -0.168. The molecule has 1 heterocycles. The summed E-state index contributed by atoms with van der Waals surface area (Å²) in [5.41, 5.74) is 0.223. The van der Waals surface area contributed by atoms with E-state index >= 15 is 0 Å². The molecule has 2 amide bonds. The number of esters is 1. The Bertz CT molecular complexity index is 943. The lowest BCUT2D eigenvalue weighted by Crippen LogP contribution is -2.51. The van der Waals surface area contributed by atoms with Gasteiger partial charge in [-0.15, -0.1) is 0 Å². The predicted molar refractivity (Wildman–Crippen MR) is 139 cm³/mol. The van der Waals surface area contributed by atoms with Gasteiger partial charge in [0.25, 0.3) is 18.3 Å². The van der Waals surface area contributed by atoms with Gasteiger partial charge in [0, 0.05) is 46.3 Å². The molecule has 0 aromatic heterocycles. The third-order valence-electron chi connectivity index (χ3n) is 6.36. The van der Waals surface area contributed by atoms with Gasteiger partial charge in [-0.3, -0.25) is 14.4 Å². The molecular weight excluding hydrogens is 497 g/mol. The number of nitrogens with zero attached hydrogens (tertiary/aromatic N) is 3. The normalized spacial score (nSPS) is 16.1. The molecule has 212 valence electrons. The molecule has 1 fully saturated rings. The van der Waals surface area contributed by atoms with Crippen LogP contribution in [0.25, 0.3) is 0 Å². The van der Waals surface area contributed by atoms with Gasteiger partial charge in [0.05, 0.1) is 13.2 Å². The summed E-state index contributed by atoms with van der Waals surface area (Å²) in [5.74, 6) is -2.03. The molecule has 2 rings (SSSR count). The van der Waals surface area contributed by atoms with Crippen molar-refractivity contribution in [2.75, 3.05) is 52.3 Å². The van der Waals surface area contributed by atoms with E-state index in [0.29, 0.717) is 19.6 Å². The molecule has 1 aliphatic rings. The summed E-state index contributed by atoms with van der Waals surface area (Å²) >= 11 is 0. The molecule has 1 saturated heterocycles. The van der Waals surface area contributed by atoms with Crippen molar-refractivity contribution in [2.45, 2.75) is 64.0 Å². The first-order valence-electron chi connectivity index (χ1n) is 12.7. The van der Waals surface area contributed by atoms with Crippen LogP contribution in [0.2, 0.25) is 0 Å². The van der Waals surface area contributed by atoms with Crippen molar-refractivity contribution in [3.63, 3.8) is 0 Å². The van der Waals surface area contributed by atoms with Gasteiger partial charge in [0.2, 0.25) is 0 Å². The monoisotopic (exact) mass is 537 g/mol. The first-order valence-corrected chi connectivity index (χ1v) is 12.7. The van der Waals surface area contributed by atoms with Gasteiger partial charge in [-0.1, -0.05) is 12.1 Å². The van der Waals surface area contributed by atoms with Gasteiger partial charge in [0.15, 0.2) is 12.2 Å². The Morgan fingerprint density at radius 1 is 1.11 bits per heavy atom. The van der Waals surface area contributed by atoms with Gasteiger partial charge >= 0.3 is 5.97 Å². The molecule has 0 unspecified atom stereocenters. The Kier molecular flexibility index (Phi) is 11.5. The van der Waals surface area contributed by atoms with Crippen LogP contribution >= 0.6 is 0 Å². The number of carbonyl (C=O) groups excluding carboxylic acids is 4. The molecule has 1 aliphatic heterocycles. The zero-order chi connectivity index (χ0) is 28.5. The number of halogens is 1. The molecule has 1 aromatic carbocycles. The Hall–Kier alpha value is -3.21. The summed E-state index contributed by atoms with van der Waals surface area (Å²) < 4.78 is 30.3. The van der Waals surface area contributed by atoms with Crippen LogP contribution in [0.15, 0.2) is 24.3 Å². The lowest BCUT2D eigenvalue weighted by Gasteiger charge is -2.32. The van der Waals surface area contributed by atoms with E-state index in [-0.39, 0.29) is 19.3 Å². The molecule has 1 aromatic rings. The second-order valence-electron chi connectivity index (χ2n) is 10.2. The van der Waals surface area contributed by atoms with E-state index in [1.807, 2.05) is 24.3 Å². The summed E-state index contributed by atoms with van der Waals surface area (Å²) in [5, 5.41) is 0. The molecule has 0 bridgehead atoms. The van der Waals surface area contributed by atoms with Gasteiger partial charge in [-0.25, -0.2) is 9.18 Å². The van der Waals surface area contributed by atoms with Crippen molar-refractivity contribution in [1.29, 1.82) is 0 Å². The van der Waals surface area contributed by atoms with Crippen LogP contribution in [0.5, 0.6) is 0 Å². The highest BCUT2D eigenvalue weighted by molar-refractivity contribution is 5.89. The second kappa shape index (κ2) is 14.1. The maximum atomic E-state index is 14.6. The third kappa shape index (κ3) is 9.27. The standard InChI is InChI=1S/C27H40FN3O7/c1-19(37-18-32)24(33)30(6)22(17-27(2,3)28)26(35)38-23(25(34)29(4)5)12-9-20-7-10-21(11-8-20)31-13-15-36-16-14-31/h7-8,10-11,18-19,22-23H,9,12-17H2,1-6H3/t19-,22+,23-/m1/s1. The fourth-order valence-corrected chi connectivity index (χ4v) is 4.15. The summed E-state index contributed by atoms with van der Waals surface area (Å²) in [6, 6.07) is 6.64. The molecule has 10 nitrogen and oxygen atoms in total. The summed E-state index contributed by atoms with van der Waals surface area (Å²) in [4.78, 5) is 54.0. The van der Waals surface area contributed by atoms with E-state index in [2.05, 4.69) is 9.64 Å². The zero-order valence-corrected chi connectivity index (χ0v) is 23.1. The topological polar surface area (TPSA) is 106 Å². The lowest BCUT2D eigenvalue weighted by atomic mass is 9.99. The van der Waals surface area contributed by atoms with Gasteiger partial charge in [0.1, 0.15) is 11.7 Å². The number of alkyl halides is 1. The Labute approximate surface area is 224 Å². The highest BCUT2D eigenvalue weighted by Crippen LogP contribution is 2.23. The van der Waals surface area contributed by atoms with Crippen LogP contribution < -0.4 is 4.90 Å². The highest BCUT2D eigenvalue weighted by Gasteiger charge is 2.38. The predicted octanol–water partition coefficient (Wildman–Crippen LogP) is 1.98. The largest absolute Gasteiger partial charge is 0.455 e. The van der Waals surface area contributed by atoms with Crippen molar-refractivity contribution in [2.24, 2.45) is 0 Å². The van der Waals surface area contributed by atoms with Crippen molar-refractivity contribution < 1.29 is 37.8 Å². The number of amides is 2. The number of morpholine rings is 1. The number of hydrogen-bond acceptors (Lipinski definition) is 8. The molecule has 11 heteroatoms. The van der Waals surface area contributed by atoms with E-state index in [9.17, 15) is 23.6 Å². The van der Waals surface area contributed by atoms with Crippen molar-refractivity contribution >= 4 is 29.9 Å². The molecule has 0 saturated carbocycles. The summed E-state index contributed by atoms with van der Waals surface area (Å²) in [6.45, 7) is 7.05. The fraction of sp³-hybridized carbons (Fsp3) is 0.630. The Morgan fingerprint density at radius 3 is 2.24 bits per heavy atom. The molecule has 0 spiro atoms. The van der Waals surface area contributed by atoms with E-state index in [0.717, 1.165) is 29.2 Å². The number of rotatable bonds is 13. The minimum atomic E-state index is -1.82. The molecule has 0 N–H and O–H groups in total. The van der Waals surface area contributed by atoms with E-state index in [1.165, 1.54) is 32.7 Å². The van der Waals surface area contributed by atoms with Gasteiger partial charge in [-0.05, 0) is 51.3 Å². The van der Waals surface area contributed by atoms with Crippen LogP contribution in [0.4, 0.5) is 10.1 Å². The van der Waals surface area contributed by atoms with Crippen LogP contribution in [0.1, 0.15) is 39.2 Å². The average molecular weight is 538 g/mol. The number of benzene rings is 1. The second-order valence-corrected chi connectivity index (χ2v) is 10.2. The molecule has 3 atom stereocenters. The van der Waals surface area contributed by atoms with Crippen LogP contribution in [0, 0.1) is 0 Å². The molecule has 0 radical (unpaired) electrons. The number of hydrogen-bond donors (Lipinski definition) is 0. The number of anilines is 1. The molecular formula is C27H40FN3O7. The van der Waals surface area contributed by atoms with Crippen molar-refractivity contribution in [1.82, 2.24) is 9.80 Å². The molecule has 0 aliphatic carbocycles. The first-order chi connectivity index (χ1) is 17.8. The summed E-state index contributed by atoms with van der Waals surface area (Å²) in [7, 11) is 4.41. The van der Waals surface area contributed by atoms with Crippen molar-refractivity contribution in [3.8, 4) is 0 Å². The van der Waals surface area contributed by atoms with Gasteiger partial charge < -0.3 is 28.9 Å². The van der Waals surface area contributed by atoms with E-state index in [1.54, 1.807) is 14.1 Å². The van der Waals surface area contributed by atoms with Crippen molar-refractivity contribution in [3.05, 3.63) is 29.8 Å². The van der Waals surface area contributed by atoms with Crippen LogP contribution in [-0.2, 0) is 39.8 Å². The summed E-state index contributed by atoms with van der Waals surface area (Å²) in [6.07, 6.45) is -2.01. The highest BCUT2D eigenvalue weighted by atomic mass is 19.1. The van der Waals surface area contributed by atoms with E-state index in [4.69, 9.17) is 9.47 Å². The zero-order valence-electron chi connectivity index (χ0n) is 23.1. The van der Waals surface area contributed by atoms with Crippen LogP contribution in [0.3, 0.4) is 0 Å². The Balaban J connectivity index is 2.15. The first kappa shape index (κ1) is 31.0. The molecule has 38 heavy (non-hydrogen) atoms. The quantitative estimate of drug-likeness (QED) is 0.278. The maximum Gasteiger partial charge on any atom is 0.329 e. The van der Waals surface area contributed by atoms with Crippen LogP contribution in [-0.4, -0.2) is 105 Å². The van der Waals surface area contributed by atoms with Gasteiger partial charge in [-0.2, -0.15) is 0 Å². The van der Waals surface area contributed by atoms with E-state index < -0.39 is 41.7 Å². The Morgan fingerprint density at radius 2 is 1.71 bits per heavy atom. The number of likely N-dealkylation sites (N-methyl/N-ethyl adjacent to an activating group) is 2. The number of carbonyl (C=O) groups is 4. The number of aryl methyl sites for hydroxylation is 1. The fourth-order valence-electron chi connectivity index (χ4n) is 4.15. The minimum absolute atomic E-state index is 0.127. The number of ether oxygens (including phenoxy) is 3. The average Bonchev–Trinajstić information content (AvgIpc) is 2.88. The minimum Gasteiger partial charge on any atom is -0.455 e. The smallest absolute Gasteiger partial charge is 0.329 e.